The van der Waals surface area contributed by atoms with E-state index in [9.17, 15) is 9.59 Å². The van der Waals surface area contributed by atoms with Crippen LogP contribution in [-0.4, -0.2) is 20.7 Å². The van der Waals surface area contributed by atoms with Gasteiger partial charge >= 0.3 is 0 Å². The van der Waals surface area contributed by atoms with E-state index < -0.39 is 0 Å². The van der Waals surface area contributed by atoms with E-state index in [1.54, 1.807) is 6.07 Å². The average molecular weight is 348 g/mol. The Balaban J connectivity index is 1.56. The first kappa shape index (κ1) is 16.3. The molecule has 132 valence electrons. The predicted molar refractivity (Wildman–Crippen MR) is 98.0 cm³/mol. The first-order chi connectivity index (χ1) is 12.7. The number of H-pyrrole nitrogens is 1. The third-order valence-electron chi connectivity index (χ3n) is 4.81. The van der Waals surface area contributed by atoms with Crippen LogP contribution in [0, 0.1) is 0 Å². The lowest BCUT2D eigenvalue weighted by Crippen LogP contribution is -2.34. The van der Waals surface area contributed by atoms with Crippen molar-refractivity contribution in [2.75, 3.05) is 0 Å². The van der Waals surface area contributed by atoms with E-state index in [2.05, 4.69) is 27.5 Å². The van der Waals surface area contributed by atoms with Crippen molar-refractivity contribution in [1.29, 1.82) is 0 Å². The minimum atomic E-state index is -0.374. The summed E-state index contributed by atoms with van der Waals surface area (Å²) in [5.74, 6) is -0.347. The molecule has 1 unspecified atom stereocenters. The van der Waals surface area contributed by atoms with Crippen LogP contribution >= 0.6 is 0 Å². The Kier molecular flexibility index (Phi) is 4.39. The summed E-state index contributed by atoms with van der Waals surface area (Å²) in [5, 5.41) is 7.54. The van der Waals surface area contributed by atoms with Crippen LogP contribution in [0.25, 0.3) is 0 Å². The Morgan fingerprint density at radius 1 is 1.23 bits per heavy atom. The molecule has 26 heavy (non-hydrogen) atoms. The van der Waals surface area contributed by atoms with E-state index in [4.69, 9.17) is 0 Å². The summed E-state index contributed by atoms with van der Waals surface area (Å²) in [6, 6.07) is 13.3. The van der Waals surface area contributed by atoms with Gasteiger partial charge in [0.15, 0.2) is 0 Å². The summed E-state index contributed by atoms with van der Waals surface area (Å²) < 4.78 is 2.01. The molecular weight excluding hydrogens is 328 g/mol. The molecule has 1 aliphatic carbocycles. The maximum Gasteiger partial charge on any atom is 0.260 e. The number of nitrogens with zero attached hydrogens (tertiary/aromatic N) is 2. The number of fused-ring (bicyclic) bond motifs is 1. The fraction of sp³-hybridized carbons (Fsp3) is 0.250. The number of aromatic nitrogens is 3. The van der Waals surface area contributed by atoms with Gasteiger partial charge in [-0.15, -0.1) is 0 Å². The summed E-state index contributed by atoms with van der Waals surface area (Å²) in [5.41, 5.74) is 3.16. The molecule has 2 heterocycles. The second kappa shape index (κ2) is 7.00. The number of pyridine rings is 1. The number of benzene rings is 1. The van der Waals surface area contributed by atoms with Gasteiger partial charge < -0.3 is 10.3 Å². The van der Waals surface area contributed by atoms with Gasteiger partial charge in [0.25, 0.3) is 11.5 Å². The molecule has 0 fully saturated rings. The van der Waals surface area contributed by atoms with Gasteiger partial charge in [0.05, 0.1) is 18.8 Å². The van der Waals surface area contributed by atoms with Gasteiger partial charge in [-0.2, -0.15) is 5.10 Å². The molecule has 2 aromatic heterocycles. The fourth-order valence-corrected chi connectivity index (χ4v) is 3.50. The van der Waals surface area contributed by atoms with E-state index >= 15 is 0 Å². The molecule has 0 bridgehead atoms. The Hall–Kier alpha value is -3.15. The monoisotopic (exact) mass is 348 g/mol. The number of nitrogens with one attached hydrogen (secondary N) is 2. The van der Waals surface area contributed by atoms with Crippen molar-refractivity contribution < 1.29 is 4.79 Å². The van der Waals surface area contributed by atoms with E-state index in [1.165, 1.54) is 17.8 Å². The lowest BCUT2D eigenvalue weighted by atomic mass is 9.92. The summed E-state index contributed by atoms with van der Waals surface area (Å²) in [6.07, 6.45) is 6.13. The van der Waals surface area contributed by atoms with Crippen LogP contribution in [-0.2, 0) is 13.0 Å². The first-order valence-corrected chi connectivity index (χ1v) is 8.79. The third kappa shape index (κ3) is 3.18. The number of aromatic amines is 1. The smallest absolute Gasteiger partial charge is 0.260 e. The molecule has 1 aliphatic rings. The molecule has 3 aromatic rings. The minimum Gasteiger partial charge on any atom is -0.345 e. The maximum absolute atomic E-state index is 12.5. The highest BCUT2D eigenvalue weighted by atomic mass is 16.2. The molecule has 2 N–H and O–H groups in total. The third-order valence-corrected chi connectivity index (χ3v) is 4.81. The molecule has 1 atom stereocenters. The topological polar surface area (TPSA) is 79.8 Å². The number of carbonyl (C=O) groups is 1. The zero-order chi connectivity index (χ0) is 17.9. The van der Waals surface area contributed by atoms with Gasteiger partial charge in [0, 0.05) is 17.5 Å². The normalized spacial score (nSPS) is 16.1. The zero-order valence-corrected chi connectivity index (χ0v) is 14.3. The number of rotatable bonds is 4. The van der Waals surface area contributed by atoms with E-state index in [0.29, 0.717) is 0 Å². The quantitative estimate of drug-likeness (QED) is 0.760. The van der Waals surface area contributed by atoms with E-state index in [1.807, 2.05) is 29.1 Å². The van der Waals surface area contributed by atoms with Gasteiger partial charge in [-0.3, -0.25) is 14.3 Å². The van der Waals surface area contributed by atoms with Gasteiger partial charge in [-0.05, 0) is 37.0 Å². The highest BCUT2D eigenvalue weighted by Crippen LogP contribution is 2.30. The van der Waals surface area contributed by atoms with Crippen LogP contribution in [0.2, 0.25) is 0 Å². The van der Waals surface area contributed by atoms with Gasteiger partial charge in [0.2, 0.25) is 0 Å². The van der Waals surface area contributed by atoms with Crippen molar-refractivity contribution >= 4 is 5.91 Å². The number of hydrogen-bond acceptors (Lipinski definition) is 3. The minimum absolute atomic E-state index is 0.115. The Labute approximate surface area is 150 Å². The molecular formula is C20H20N4O2. The second-order valence-electron chi connectivity index (χ2n) is 6.52. The van der Waals surface area contributed by atoms with E-state index in [-0.39, 0.29) is 23.1 Å². The Morgan fingerprint density at radius 2 is 2.08 bits per heavy atom. The molecule has 0 saturated carbocycles. The predicted octanol–water partition coefficient (Wildman–Crippen LogP) is 2.43. The second-order valence-corrected chi connectivity index (χ2v) is 6.52. The van der Waals surface area contributed by atoms with Crippen LogP contribution in [0.15, 0.2) is 59.7 Å². The SMILES string of the molecule is O=C(NC1CCCc2c1cnn2Cc1ccccc1)c1ccc[nH]c1=O. The van der Waals surface area contributed by atoms with Crippen molar-refractivity contribution in [3.05, 3.63) is 87.6 Å². The lowest BCUT2D eigenvalue weighted by Gasteiger charge is -2.24. The number of amides is 1. The van der Waals surface area contributed by atoms with Gasteiger partial charge in [-0.25, -0.2) is 0 Å². The number of carbonyl (C=O) groups excluding carboxylic acids is 1. The van der Waals surface area contributed by atoms with Crippen LogP contribution in [0.4, 0.5) is 0 Å². The molecule has 1 amide bonds. The molecule has 6 heteroatoms. The largest absolute Gasteiger partial charge is 0.345 e. The standard InChI is InChI=1S/C20H20N4O2/c25-19-15(8-5-11-21-19)20(26)23-17-9-4-10-18-16(17)12-22-24(18)13-14-6-2-1-3-7-14/h1-3,5-8,11-12,17H,4,9-10,13H2,(H,21,25)(H,23,26). The highest BCUT2D eigenvalue weighted by molar-refractivity contribution is 5.94. The van der Waals surface area contributed by atoms with Crippen molar-refractivity contribution in [3.63, 3.8) is 0 Å². The average Bonchev–Trinajstić information content (AvgIpc) is 3.07. The van der Waals surface area contributed by atoms with Crippen molar-refractivity contribution in [2.45, 2.75) is 31.8 Å². The summed E-state index contributed by atoms with van der Waals surface area (Å²) in [7, 11) is 0. The van der Waals surface area contributed by atoms with Crippen LogP contribution in [0.3, 0.4) is 0 Å². The maximum atomic E-state index is 12.5. The number of hydrogen-bond donors (Lipinski definition) is 2. The van der Waals surface area contributed by atoms with Crippen molar-refractivity contribution in [3.8, 4) is 0 Å². The van der Waals surface area contributed by atoms with Crippen LogP contribution in [0.5, 0.6) is 0 Å². The van der Waals surface area contributed by atoms with Gasteiger partial charge in [0.1, 0.15) is 5.56 Å². The van der Waals surface area contributed by atoms with Crippen molar-refractivity contribution in [1.82, 2.24) is 20.1 Å². The molecule has 0 spiro atoms. The Morgan fingerprint density at radius 3 is 2.88 bits per heavy atom. The fourth-order valence-electron chi connectivity index (χ4n) is 3.50. The molecule has 1 aromatic carbocycles. The molecule has 4 rings (SSSR count). The Bertz CT molecular complexity index is 975. The zero-order valence-electron chi connectivity index (χ0n) is 14.3. The van der Waals surface area contributed by atoms with Crippen LogP contribution in [0.1, 0.15) is 46.1 Å². The summed E-state index contributed by atoms with van der Waals surface area (Å²) >= 11 is 0. The van der Waals surface area contributed by atoms with Crippen LogP contribution < -0.4 is 10.9 Å². The molecule has 0 radical (unpaired) electrons. The highest BCUT2D eigenvalue weighted by Gasteiger charge is 2.26. The van der Waals surface area contributed by atoms with Gasteiger partial charge in [-0.1, -0.05) is 30.3 Å². The molecule has 6 nitrogen and oxygen atoms in total. The van der Waals surface area contributed by atoms with Crippen molar-refractivity contribution in [2.24, 2.45) is 0 Å². The molecule has 0 aliphatic heterocycles. The summed E-state index contributed by atoms with van der Waals surface area (Å²) in [6.45, 7) is 0.717. The summed E-state index contributed by atoms with van der Waals surface area (Å²) in [4.78, 5) is 26.8. The van der Waals surface area contributed by atoms with E-state index in [0.717, 1.165) is 37.1 Å². The lowest BCUT2D eigenvalue weighted by molar-refractivity contribution is 0.0931. The first-order valence-electron chi connectivity index (χ1n) is 8.79. The molecule has 0 saturated heterocycles.